The minimum absolute atomic E-state index is 0.420. The van der Waals surface area contributed by atoms with Gasteiger partial charge in [0, 0.05) is 31.3 Å². The Bertz CT molecular complexity index is 327. The Kier molecular flexibility index (Phi) is 5.23. The molecule has 0 aromatic rings. The monoisotopic (exact) mass is 294 g/mol. The van der Waals surface area contributed by atoms with Gasteiger partial charge in [0.25, 0.3) is 0 Å². The summed E-state index contributed by atoms with van der Waals surface area (Å²) in [6, 6.07) is 1.47. The molecule has 3 nitrogen and oxygen atoms in total. The first kappa shape index (κ1) is 15.8. The van der Waals surface area contributed by atoms with E-state index in [2.05, 4.69) is 17.1 Å². The van der Waals surface area contributed by atoms with Crippen LogP contribution >= 0.6 is 0 Å². The van der Waals surface area contributed by atoms with E-state index in [0.29, 0.717) is 11.6 Å². The second kappa shape index (κ2) is 6.97. The third-order valence-corrected chi connectivity index (χ3v) is 6.32. The van der Waals surface area contributed by atoms with E-state index in [-0.39, 0.29) is 0 Å². The molecule has 1 heterocycles. The van der Waals surface area contributed by atoms with Crippen molar-refractivity contribution in [3.05, 3.63) is 0 Å². The molecule has 3 rings (SSSR count). The molecule has 2 aliphatic carbocycles. The molecule has 3 aliphatic rings. The maximum atomic E-state index is 5.67. The Morgan fingerprint density at radius 1 is 1.05 bits per heavy atom. The summed E-state index contributed by atoms with van der Waals surface area (Å²) in [5.41, 5.74) is 0.420. The Balaban J connectivity index is 1.71. The molecule has 2 saturated carbocycles. The van der Waals surface area contributed by atoms with Crippen molar-refractivity contribution < 1.29 is 4.74 Å². The molecule has 1 aliphatic heterocycles. The zero-order valence-electron chi connectivity index (χ0n) is 14.1. The van der Waals surface area contributed by atoms with E-state index in [1.165, 1.54) is 77.3 Å². The Morgan fingerprint density at radius 3 is 2.62 bits per heavy atom. The molecule has 1 N–H and O–H groups in total. The third-order valence-electron chi connectivity index (χ3n) is 6.32. The van der Waals surface area contributed by atoms with Gasteiger partial charge in [0.05, 0.1) is 6.10 Å². The van der Waals surface area contributed by atoms with E-state index >= 15 is 0 Å². The van der Waals surface area contributed by atoms with Crippen molar-refractivity contribution in [2.75, 3.05) is 20.2 Å². The second-order valence-electron chi connectivity index (χ2n) is 7.76. The summed E-state index contributed by atoms with van der Waals surface area (Å²) < 4.78 is 5.67. The van der Waals surface area contributed by atoms with Crippen LogP contribution < -0.4 is 5.32 Å². The van der Waals surface area contributed by atoms with Crippen molar-refractivity contribution in [3.8, 4) is 0 Å². The van der Waals surface area contributed by atoms with Crippen molar-refractivity contribution in [1.82, 2.24) is 10.2 Å². The van der Waals surface area contributed by atoms with Crippen LogP contribution in [0.5, 0.6) is 0 Å². The van der Waals surface area contributed by atoms with E-state index in [0.717, 1.165) is 12.1 Å². The summed E-state index contributed by atoms with van der Waals surface area (Å²) in [5.74, 6) is 0. The smallest absolute Gasteiger partial charge is 0.0586 e. The molecule has 122 valence electrons. The Morgan fingerprint density at radius 2 is 1.86 bits per heavy atom. The van der Waals surface area contributed by atoms with Gasteiger partial charge < -0.3 is 10.1 Å². The molecule has 0 amide bonds. The normalized spacial score (nSPS) is 38.3. The number of nitrogens with one attached hydrogen (secondary N) is 1. The maximum absolute atomic E-state index is 5.67. The van der Waals surface area contributed by atoms with E-state index in [9.17, 15) is 0 Å². The highest BCUT2D eigenvalue weighted by Crippen LogP contribution is 2.35. The standard InChI is InChI=1S/C18H34N2O/c1-15-9-12-19-18(10-4-3-5-11-18)14-20(15)16-7-6-8-17(13-16)21-2/h15-17,19H,3-14H2,1-2H3. The molecule has 21 heavy (non-hydrogen) atoms. The van der Waals surface area contributed by atoms with Crippen LogP contribution in [0.2, 0.25) is 0 Å². The largest absolute Gasteiger partial charge is 0.381 e. The zero-order chi connectivity index (χ0) is 14.7. The van der Waals surface area contributed by atoms with Gasteiger partial charge in [-0.15, -0.1) is 0 Å². The van der Waals surface area contributed by atoms with Gasteiger partial charge in [-0.1, -0.05) is 19.3 Å². The molecule has 3 heteroatoms. The van der Waals surface area contributed by atoms with Crippen LogP contribution in [0.15, 0.2) is 0 Å². The van der Waals surface area contributed by atoms with Gasteiger partial charge in [-0.3, -0.25) is 4.90 Å². The molecule has 3 fully saturated rings. The first-order chi connectivity index (χ1) is 10.2. The lowest BCUT2D eigenvalue weighted by Crippen LogP contribution is -2.56. The maximum Gasteiger partial charge on any atom is 0.0586 e. The predicted octanol–water partition coefficient (Wildman–Crippen LogP) is 3.33. The first-order valence-electron chi connectivity index (χ1n) is 9.26. The predicted molar refractivity (Wildman–Crippen MR) is 87.7 cm³/mol. The highest BCUT2D eigenvalue weighted by molar-refractivity contribution is 4.99. The fraction of sp³-hybridized carbons (Fsp3) is 1.00. The van der Waals surface area contributed by atoms with Gasteiger partial charge in [-0.2, -0.15) is 0 Å². The number of methoxy groups -OCH3 is 1. The molecule has 3 unspecified atom stereocenters. The average molecular weight is 294 g/mol. The van der Waals surface area contributed by atoms with Gasteiger partial charge in [0.2, 0.25) is 0 Å². The highest BCUT2D eigenvalue weighted by atomic mass is 16.5. The summed E-state index contributed by atoms with van der Waals surface area (Å²) in [6.45, 7) is 4.92. The molecule has 1 spiro atoms. The quantitative estimate of drug-likeness (QED) is 0.845. The van der Waals surface area contributed by atoms with Gasteiger partial charge in [0.15, 0.2) is 0 Å². The lowest BCUT2D eigenvalue weighted by molar-refractivity contribution is 0.00722. The topological polar surface area (TPSA) is 24.5 Å². The molecular formula is C18H34N2O. The summed E-state index contributed by atoms with van der Waals surface area (Å²) in [6.07, 6.45) is 14.1. The van der Waals surface area contributed by atoms with Crippen molar-refractivity contribution >= 4 is 0 Å². The summed E-state index contributed by atoms with van der Waals surface area (Å²) in [5, 5.41) is 3.95. The summed E-state index contributed by atoms with van der Waals surface area (Å²) in [7, 11) is 1.89. The van der Waals surface area contributed by atoms with Crippen molar-refractivity contribution in [2.45, 2.75) is 94.9 Å². The van der Waals surface area contributed by atoms with Crippen LogP contribution in [0.1, 0.15) is 71.1 Å². The van der Waals surface area contributed by atoms with Crippen molar-refractivity contribution in [1.29, 1.82) is 0 Å². The van der Waals surface area contributed by atoms with Crippen LogP contribution in [0, 0.1) is 0 Å². The number of hydrogen-bond donors (Lipinski definition) is 1. The van der Waals surface area contributed by atoms with Crippen LogP contribution in [0.4, 0.5) is 0 Å². The van der Waals surface area contributed by atoms with Crippen LogP contribution in [0.25, 0.3) is 0 Å². The van der Waals surface area contributed by atoms with Crippen molar-refractivity contribution in [2.24, 2.45) is 0 Å². The SMILES string of the molecule is COC1CCCC(N2CC3(CCCCC3)NCCC2C)C1. The van der Waals surface area contributed by atoms with Crippen LogP contribution in [0.3, 0.4) is 0 Å². The lowest BCUT2D eigenvalue weighted by Gasteiger charge is -2.45. The fourth-order valence-electron chi connectivity index (χ4n) is 4.96. The summed E-state index contributed by atoms with van der Waals surface area (Å²) in [4.78, 5) is 2.86. The molecule has 0 aromatic carbocycles. The molecular weight excluding hydrogens is 260 g/mol. The van der Waals surface area contributed by atoms with Crippen molar-refractivity contribution in [3.63, 3.8) is 0 Å². The fourth-order valence-corrected chi connectivity index (χ4v) is 4.96. The minimum atomic E-state index is 0.420. The number of ether oxygens (including phenoxy) is 1. The van der Waals surface area contributed by atoms with Gasteiger partial charge in [0.1, 0.15) is 0 Å². The Hall–Kier alpha value is -0.120. The number of nitrogens with zero attached hydrogens (tertiary/aromatic N) is 1. The summed E-state index contributed by atoms with van der Waals surface area (Å²) >= 11 is 0. The van der Waals surface area contributed by atoms with Crippen LogP contribution in [-0.4, -0.2) is 48.8 Å². The molecule has 1 saturated heterocycles. The van der Waals surface area contributed by atoms with E-state index < -0.39 is 0 Å². The number of hydrogen-bond acceptors (Lipinski definition) is 3. The Labute approximate surface area is 130 Å². The number of rotatable bonds is 2. The molecule has 0 radical (unpaired) electrons. The van der Waals surface area contributed by atoms with Crippen LogP contribution in [-0.2, 0) is 4.74 Å². The third kappa shape index (κ3) is 3.62. The zero-order valence-corrected chi connectivity index (χ0v) is 14.1. The molecule has 0 bridgehead atoms. The second-order valence-corrected chi connectivity index (χ2v) is 7.76. The average Bonchev–Trinajstić information content (AvgIpc) is 2.68. The van der Waals surface area contributed by atoms with Gasteiger partial charge >= 0.3 is 0 Å². The van der Waals surface area contributed by atoms with E-state index in [4.69, 9.17) is 4.74 Å². The highest BCUT2D eigenvalue weighted by Gasteiger charge is 2.40. The molecule has 0 aromatic heterocycles. The molecule has 3 atom stereocenters. The van der Waals surface area contributed by atoms with E-state index in [1.807, 2.05) is 7.11 Å². The lowest BCUT2D eigenvalue weighted by atomic mass is 9.80. The van der Waals surface area contributed by atoms with E-state index in [1.54, 1.807) is 0 Å². The van der Waals surface area contributed by atoms with Gasteiger partial charge in [-0.05, 0) is 58.4 Å². The minimum Gasteiger partial charge on any atom is -0.381 e. The van der Waals surface area contributed by atoms with Gasteiger partial charge in [-0.25, -0.2) is 0 Å². The first-order valence-corrected chi connectivity index (χ1v) is 9.26.